The molecule has 0 amide bonds. The monoisotopic (exact) mass is 183 g/mol. The molecule has 3 nitrogen and oxygen atoms in total. The van der Waals surface area contributed by atoms with E-state index < -0.39 is 0 Å². The summed E-state index contributed by atoms with van der Waals surface area (Å²) in [4.78, 5) is 0. The molecular weight excluding hydrogens is 166 g/mol. The summed E-state index contributed by atoms with van der Waals surface area (Å²) < 4.78 is 5.23. The van der Waals surface area contributed by atoms with Gasteiger partial charge in [-0.05, 0) is 38.9 Å². The molecule has 0 aromatic carbocycles. The molecule has 2 atom stereocenters. The molecule has 2 N–H and O–H groups in total. The number of aliphatic hydroxyl groups excluding tert-OH is 1. The highest BCUT2D eigenvalue weighted by molar-refractivity contribution is 5.02. The van der Waals surface area contributed by atoms with Gasteiger partial charge in [-0.2, -0.15) is 0 Å². The fourth-order valence-corrected chi connectivity index (χ4v) is 1.15. The van der Waals surface area contributed by atoms with E-state index >= 15 is 0 Å². The Bertz CT molecular complexity index is 219. The van der Waals surface area contributed by atoms with Crippen molar-refractivity contribution >= 4 is 0 Å². The normalized spacial score (nSPS) is 15.6. The average Bonchev–Trinajstić information content (AvgIpc) is 2.55. The molecule has 1 unspecified atom stereocenters. The smallest absolute Gasteiger partial charge is 0.120 e. The minimum Gasteiger partial charge on any atom is -0.468 e. The van der Waals surface area contributed by atoms with Crippen LogP contribution >= 0.6 is 0 Å². The molecule has 0 saturated heterocycles. The van der Waals surface area contributed by atoms with Gasteiger partial charge in [0.15, 0.2) is 0 Å². The summed E-state index contributed by atoms with van der Waals surface area (Å²) in [5, 5.41) is 12.3. The first-order valence-corrected chi connectivity index (χ1v) is 4.65. The summed E-state index contributed by atoms with van der Waals surface area (Å²) in [5.41, 5.74) is 0. The lowest BCUT2D eigenvalue weighted by atomic mass is 10.2. The van der Waals surface area contributed by atoms with Crippen molar-refractivity contribution in [1.29, 1.82) is 0 Å². The maximum atomic E-state index is 9.03. The lowest BCUT2D eigenvalue weighted by molar-refractivity contribution is 0.182. The van der Waals surface area contributed by atoms with Gasteiger partial charge in [0.1, 0.15) is 5.76 Å². The predicted molar refractivity (Wildman–Crippen MR) is 51.4 cm³/mol. The van der Waals surface area contributed by atoms with Crippen molar-refractivity contribution in [3.8, 4) is 0 Å². The van der Waals surface area contributed by atoms with Gasteiger partial charge in [0.05, 0.1) is 18.4 Å². The van der Waals surface area contributed by atoms with E-state index in [1.165, 1.54) is 0 Å². The molecule has 1 aromatic heterocycles. The van der Waals surface area contributed by atoms with Crippen LogP contribution in [0, 0.1) is 0 Å². The predicted octanol–water partition coefficient (Wildman–Crippen LogP) is 1.70. The van der Waals surface area contributed by atoms with E-state index in [4.69, 9.17) is 9.52 Å². The van der Waals surface area contributed by atoms with Crippen LogP contribution in [0.5, 0.6) is 0 Å². The molecule has 3 heteroatoms. The first kappa shape index (κ1) is 10.3. The highest BCUT2D eigenvalue weighted by Gasteiger charge is 2.06. The standard InChI is InChI=1S/C10H17NO2/c1-8(12)5-6-11-9(2)10-4-3-7-13-10/h3-4,7-9,11-12H,5-6H2,1-2H3/t8?,9-/m0/s1. The summed E-state index contributed by atoms with van der Waals surface area (Å²) in [6, 6.07) is 4.04. The van der Waals surface area contributed by atoms with Crippen LogP contribution in [0.4, 0.5) is 0 Å². The summed E-state index contributed by atoms with van der Waals surface area (Å²) >= 11 is 0. The third-order valence-corrected chi connectivity index (χ3v) is 1.98. The van der Waals surface area contributed by atoms with Crippen LogP contribution in [-0.4, -0.2) is 17.8 Å². The highest BCUT2D eigenvalue weighted by atomic mass is 16.3. The van der Waals surface area contributed by atoms with Gasteiger partial charge in [-0.1, -0.05) is 0 Å². The Morgan fingerprint density at radius 1 is 1.54 bits per heavy atom. The Balaban J connectivity index is 2.22. The molecule has 1 aromatic rings. The molecule has 74 valence electrons. The second-order valence-corrected chi connectivity index (χ2v) is 3.33. The van der Waals surface area contributed by atoms with Crippen LogP contribution in [0.3, 0.4) is 0 Å². The lowest BCUT2D eigenvalue weighted by Crippen LogP contribution is -2.22. The van der Waals surface area contributed by atoms with E-state index in [9.17, 15) is 0 Å². The second kappa shape index (κ2) is 5.04. The molecule has 0 spiro atoms. The van der Waals surface area contributed by atoms with Crippen molar-refractivity contribution in [3.63, 3.8) is 0 Å². The van der Waals surface area contributed by atoms with Crippen LogP contribution < -0.4 is 5.32 Å². The van der Waals surface area contributed by atoms with Crippen molar-refractivity contribution in [1.82, 2.24) is 5.32 Å². The number of rotatable bonds is 5. The van der Waals surface area contributed by atoms with Gasteiger partial charge in [-0.3, -0.25) is 0 Å². The summed E-state index contributed by atoms with van der Waals surface area (Å²) in [5.74, 6) is 0.936. The van der Waals surface area contributed by atoms with E-state index in [1.54, 1.807) is 13.2 Å². The van der Waals surface area contributed by atoms with Gasteiger partial charge < -0.3 is 14.8 Å². The molecule has 1 heterocycles. The van der Waals surface area contributed by atoms with Crippen LogP contribution in [0.25, 0.3) is 0 Å². The van der Waals surface area contributed by atoms with Gasteiger partial charge in [0.2, 0.25) is 0 Å². The van der Waals surface area contributed by atoms with E-state index in [0.29, 0.717) is 0 Å². The number of hydrogen-bond acceptors (Lipinski definition) is 3. The van der Waals surface area contributed by atoms with E-state index in [0.717, 1.165) is 18.7 Å². The summed E-state index contributed by atoms with van der Waals surface area (Å²) in [7, 11) is 0. The quantitative estimate of drug-likeness (QED) is 0.730. The third kappa shape index (κ3) is 3.61. The zero-order valence-electron chi connectivity index (χ0n) is 8.16. The minimum atomic E-state index is -0.240. The van der Waals surface area contributed by atoms with Crippen molar-refractivity contribution in [3.05, 3.63) is 24.2 Å². The molecule has 0 aliphatic rings. The Hall–Kier alpha value is -0.800. The molecule has 0 fully saturated rings. The first-order valence-electron chi connectivity index (χ1n) is 4.65. The maximum Gasteiger partial charge on any atom is 0.120 e. The molecule has 0 saturated carbocycles. The molecule has 1 rings (SSSR count). The average molecular weight is 183 g/mol. The Labute approximate surface area is 78.8 Å². The van der Waals surface area contributed by atoms with E-state index in [2.05, 4.69) is 5.32 Å². The third-order valence-electron chi connectivity index (χ3n) is 1.98. The van der Waals surface area contributed by atoms with E-state index in [1.807, 2.05) is 19.1 Å². The van der Waals surface area contributed by atoms with Gasteiger partial charge in [0.25, 0.3) is 0 Å². The zero-order valence-corrected chi connectivity index (χ0v) is 8.16. The SMILES string of the molecule is CC(O)CCN[C@@H](C)c1ccco1. The molecular formula is C10H17NO2. The van der Waals surface area contributed by atoms with Gasteiger partial charge in [0, 0.05) is 0 Å². The van der Waals surface area contributed by atoms with Crippen LogP contribution in [0.2, 0.25) is 0 Å². The Kier molecular flexibility index (Phi) is 3.99. The zero-order chi connectivity index (χ0) is 9.68. The molecule has 0 bridgehead atoms. The Morgan fingerprint density at radius 2 is 2.31 bits per heavy atom. The van der Waals surface area contributed by atoms with Crippen molar-refractivity contribution in [2.45, 2.75) is 32.4 Å². The fraction of sp³-hybridized carbons (Fsp3) is 0.600. The van der Waals surface area contributed by atoms with E-state index in [-0.39, 0.29) is 12.1 Å². The lowest BCUT2D eigenvalue weighted by Gasteiger charge is -2.11. The van der Waals surface area contributed by atoms with Crippen molar-refractivity contribution in [2.75, 3.05) is 6.54 Å². The minimum absolute atomic E-state index is 0.216. The number of aliphatic hydroxyl groups is 1. The van der Waals surface area contributed by atoms with Crippen LogP contribution in [0.1, 0.15) is 32.1 Å². The van der Waals surface area contributed by atoms with Crippen molar-refractivity contribution < 1.29 is 9.52 Å². The van der Waals surface area contributed by atoms with Gasteiger partial charge in [-0.15, -0.1) is 0 Å². The fourth-order valence-electron chi connectivity index (χ4n) is 1.15. The van der Waals surface area contributed by atoms with Gasteiger partial charge in [-0.25, -0.2) is 0 Å². The molecule has 13 heavy (non-hydrogen) atoms. The largest absolute Gasteiger partial charge is 0.468 e. The molecule has 0 aliphatic heterocycles. The topological polar surface area (TPSA) is 45.4 Å². The first-order chi connectivity index (χ1) is 6.20. The number of nitrogens with one attached hydrogen (secondary N) is 1. The summed E-state index contributed by atoms with van der Waals surface area (Å²) in [6.45, 7) is 4.64. The molecule has 0 radical (unpaired) electrons. The van der Waals surface area contributed by atoms with Crippen LogP contribution in [-0.2, 0) is 0 Å². The van der Waals surface area contributed by atoms with Gasteiger partial charge >= 0.3 is 0 Å². The molecule has 0 aliphatic carbocycles. The van der Waals surface area contributed by atoms with Crippen molar-refractivity contribution in [2.24, 2.45) is 0 Å². The number of furan rings is 1. The Morgan fingerprint density at radius 3 is 2.85 bits per heavy atom. The number of hydrogen-bond donors (Lipinski definition) is 2. The summed E-state index contributed by atoms with van der Waals surface area (Å²) in [6.07, 6.45) is 2.20. The maximum absolute atomic E-state index is 9.03. The van der Waals surface area contributed by atoms with Crippen LogP contribution in [0.15, 0.2) is 22.8 Å². The second-order valence-electron chi connectivity index (χ2n) is 3.33. The highest BCUT2D eigenvalue weighted by Crippen LogP contribution is 2.11.